The molecule has 0 fully saturated rings. The number of benzene rings is 1. The van der Waals surface area contributed by atoms with Gasteiger partial charge >= 0.3 is 5.97 Å². The zero-order valence-corrected chi connectivity index (χ0v) is 11.2. The van der Waals surface area contributed by atoms with Crippen molar-refractivity contribution >= 4 is 17.5 Å². The maximum Gasteiger partial charge on any atom is 0.335 e. The maximum absolute atomic E-state index is 11.1. The van der Waals surface area contributed by atoms with Crippen LogP contribution in [0.15, 0.2) is 36.4 Å². The summed E-state index contributed by atoms with van der Waals surface area (Å²) in [5.74, 6) is -0.315. The zero-order valence-electron chi connectivity index (χ0n) is 11.2. The van der Waals surface area contributed by atoms with Crippen LogP contribution < -0.4 is 4.90 Å². The van der Waals surface area contributed by atoms with E-state index in [2.05, 4.69) is 4.98 Å². The zero-order chi connectivity index (χ0) is 14.0. The molecule has 4 nitrogen and oxygen atoms in total. The lowest BCUT2D eigenvalue weighted by Gasteiger charge is -2.19. The quantitative estimate of drug-likeness (QED) is 0.916. The van der Waals surface area contributed by atoms with Crippen molar-refractivity contribution < 1.29 is 9.90 Å². The highest BCUT2D eigenvalue weighted by Gasteiger charge is 2.10. The molecule has 1 aromatic carbocycles. The number of carboxylic acid groups (broad SMARTS) is 1. The van der Waals surface area contributed by atoms with Crippen LogP contribution in [0.4, 0.5) is 11.5 Å². The van der Waals surface area contributed by atoms with E-state index in [1.165, 1.54) is 5.56 Å². The number of carboxylic acids is 1. The van der Waals surface area contributed by atoms with Gasteiger partial charge in [0.25, 0.3) is 0 Å². The summed E-state index contributed by atoms with van der Waals surface area (Å²) in [6.07, 6.45) is 0. The molecule has 0 saturated carbocycles. The average molecular weight is 256 g/mol. The van der Waals surface area contributed by atoms with E-state index in [0.717, 1.165) is 5.69 Å². The first kappa shape index (κ1) is 13.1. The van der Waals surface area contributed by atoms with E-state index in [1.54, 1.807) is 19.1 Å². The molecule has 0 amide bonds. The molecule has 4 heteroatoms. The number of aryl methyl sites for hydroxylation is 2. The molecule has 0 unspecified atom stereocenters. The Morgan fingerprint density at radius 1 is 1.16 bits per heavy atom. The van der Waals surface area contributed by atoms with Crippen molar-refractivity contribution in [3.8, 4) is 0 Å². The van der Waals surface area contributed by atoms with Gasteiger partial charge in [0, 0.05) is 18.4 Å². The minimum Gasteiger partial charge on any atom is -0.478 e. The molecule has 2 rings (SSSR count). The molecule has 98 valence electrons. The van der Waals surface area contributed by atoms with Gasteiger partial charge in [0.05, 0.1) is 5.56 Å². The van der Waals surface area contributed by atoms with E-state index < -0.39 is 5.97 Å². The molecule has 19 heavy (non-hydrogen) atoms. The van der Waals surface area contributed by atoms with Crippen LogP contribution in [0.25, 0.3) is 0 Å². The molecule has 0 aliphatic rings. The van der Waals surface area contributed by atoms with Gasteiger partial charge < -0.3 is 10.0 Å². The fourth-order valence-electron chi connectivity index (χ4n) is 1.85. The monoisotopic (exact) mass is 256 g/mol. The first-order valence-electron chi connectivity index (χ1n) is 6.00. The van der Waals surface area contributed by atoms with Gasteiger partial charge in [-0.05, 0) is 38.1 Å². The highest BCUT2D eigenvalue weighted by Crippen LogP contribution is 2.23. The van der Waals surface area contributed by atoms with Crippen molar-refractivity contribution in [2.45, 2.75) is 13.8 Å². The number of rotatable bonds is 3. The molecule has 1 N–H and O–H groups in total. The molecule has 0 spiro atoms. The fraction of sp³-hybridized carbons (Fsp3) is 0.200. The average Bonchev–Trinajstić information content (AvgIpc) is 2.38. The first-order valence-corrected chi connectivity index (χ1v) is 6.00. The Bertz CT molecular complexity index is 606. The second-order valence-corrected chi connectivity index (χ2v) is 4.56. The van der Waals surface area contributed by atoms with Crippen molar-refractivity contribution in [1.82, 2.24) is 4.98 Å². The van der Waals surface area contributed by atoms with Gasteiger partial charge in [-0.15, -0.1) is 0 Å². The van der Waals surface area contributed by atoms with Crippen LogP contribution in [0.1, 0.15) is 21.6 Å². The van der Waals surface area contributed by atoms with E-state index in [1.807, 2.05) is 43.1 Å². The van der Waals surface area contributed by atoms with Gasteiger partial charge in [0.2, 0.25) is 0 Å². The number of hydrogen-bond donors (Lipinski definition) is 1. The lowest BCUT2D eigenvalue weighted by atomic mass is 10.2. The fourth-order valence-corrected chi connectivity index (χ4v) is 1.85. The van der Waals surface area contributed by atoms with Crippen molar-refractivity contribution in [2.75, 3.05) is 11.9 Å². The summed E-state index contributed by atoms with van der Waals surface area (Å²) in [6.45, 7) is 3.82. The van der Waals surface area contributed by atoms with Gasteiger partial charge in [-0.2, -0.15) is 0 Å². The standard InChI is InChI=1S/C15H16N2O2/c1-10-4-6-13(7-5-10)17(3)14-9-12(15(18)19)8-11(2)16-14/h4-9H,1-3H3,(H,18,19). The van der Waals surface area contributed by atoms with Gasteiger partial charge in [-0.1, -0.05) is 17.7 Å². The Morgan fingerprint density at radius 2 is 1.79 bits per heavy atom. The molecule has 0 aliphatic heterocycles. The first-order chi connectivity index (χ1) is 8.97. The molecule has 1 heterocycles. The van der Waals surface area contributed by atoms with Crippen LogP contribution in [0.5, 0.6) is 0 Å². The summed E-state index contributed by atoms with van der Waals surface area (Å²) in [5, 5.41) is 9.08. The van der Waals surface area contributed by atoms with Gasteiger partial charge in [-0.25, -0.2) is 9.78 Å². The summed E-state index contributed by atoms with van der Waals surface area (Å²) >= 11 is 0. The maximum atomic E-state index is 11.1. The number of anilines is 2. The minimum absolute atomic E-state index is 0.251. The SMILES string of the molecule is Cc1ccc(N(C)c2cc(C(=O)O)cc(C)n2)cc1. The summed E-state index contributed by atoms with van der Waals surface area (Å²) in [5.41, 5.74) is 3.09. The van der Waals surface area contributed by atoms with Crippen LogP contribution in [-0.2, 0) is 0 Å². The lowest BCUT2D eigenvalue weighted by molar-refractivity contribution is 0.0696. The molecule has 0 radical (unpaired) electrons. The van der Waals surface area contributed by atoms with E-state index in [0.29, 0.717) is 11.5 Å². The van der Waals surface area contributed by atoms with Crippen molar-refractivity contribution in [1.29, 1.82) is 0 Å². The van der Waals surface area contributed by atoms with Crippen LogP contribution in [0.3, 0.4) is 0 Å². The number of aromatic carboxylic acids is 1. The van der Waals surface area contributed by atoms with Crippen LogP contribution in [0.2, 0.25) is 0 Å². The van der Waals surface area contributed by atoms with Crippen LogP contribution >= 0.6 is 0 Å². The Hall–Kier alpha value is -2.36. The molecule has 2 aromatic rings. The molecular weight excluding hydrogens is 240 g/mol. The van der Waals surface area contributed by atoms with E-state index >= 15 is 0 Å². The largest absolute Gasteiger partial charge is 0.478 e. The Labute approximate surface area is 112 Å². The second-order valence-electron chi connectivity index (χ2n) is 4.56. The molecule has 0 bridgehead atoms. The summed E-state index contributed by atoms with van der Waals surface area (Å²) in [4.78, 5) is 17.3. The third-order valence-corrected chi connectivity index (χ3v) is 2.95. The molecular formula is C15H16N2O2. The molecule has 0 saturated heterocycles. The second kappa shape index (κ2) is 5.10. The Balaban J connectivity index is 2.40. The number of nitrogens with zero attached hydrogens (tertiary/aromatic N) is 2. The Kier molecular flexibility index (Phi) is 3.51. The molecule has 0 atom stereocenters. The third kappa shape index (κ3) is 2.91. The van der Waals surface area contributed by atoms with Crippen LogP contribution in [-0.4, -0.2) is 23.1 Å². The van der Waals surface area contributed by atoms with E-state index in [-0.39, 0.29) is 5.56 Å². The normalized spacial score (nSPS) is 10.3. The number of carbonyl (C=O) groups is 1. The minimum atomic E-state index is -0.941. The van der Waals surface area contributed by atoms with E-state index in [9.17, 15) is 4.79 Å². The summed E-state index contributed by atoms with van der Waals surface area (Å²) in [6, 6.07) is 11.1. The summed E-state index contributed by atoms with van der Waals surface area (Å²) < 4.78 is 0. The highest BCUT2D eigenvalue weighted by atomic mass is 16.4. The predicted octanol–water partition coefficient (Wildman–Crippen LogP) is 3.16. The van der Waals surface area contributed by atoms with Gasteiger partial charge in [-0.3, -0.25) is 0 Å². The summed E-state index contributed by atoms with van der Waals surface area (Å²) in [7, 11) is 1.87. The Morgan fingerprint density at radius 3 is 2.37 bits per heavy atom. The van der Waals surface area contributed by atoms with Crippen molar-refractivity contribution in [3.63, 3.8) is 0 Å². The van der Waals surface area contributed by atoms with Gasteiger partial charge in [0.1, 0.15) is 5.82 Å². The smallest absolute Gasteiger partial charge is 0.335 e. The lowest BCUT2D eigenvalue weighted by Crippen LogP contribution is -2.13. The predicted molar refractivity (Wildman–Crippen MR) is 75.2 cm³/mol. The number of aromatic nitrogens is 1. The highest BCUT2D eigenvalue weighted by molar-refractivity contribution is 5.89. The topological polar surface area (TPSA) is 53.4 Å². The van der Waals surface area contributed by atoms with Crippen molar-refractivity contribution in [3.05, 3.63) is 53.2 Å². The van der Waals surface area contributed by atoms with Gasteiger partial charge in [0.15, 0.2) is 0 Å². The van der Waals surface area contributed by atoms with Crippen LogP contribution in [0, 0.1) is 13.8 Å². The van der Waals surface area contributed by atoms with E-state index in [4.69, 9.17) is 5.11 Å². The van der Waals surface area contributed by atoms with Crippen molar-refractivity contribution in [2.24, 2.45) is 0 Å². The molecule has 0 aliphatic carbocycles. The number of pyridine rings is 1. The molecule has 1 aromatic heterocycles. The third-order valence-electron chi connectivity index (χ3n) is 2.95. The number of hydrogen-bond acceptors (Lipinski definition) is 3.